The fraction of sp³-hybridized carbons (Fsp3) is 0.865. The molecule has 842 valence electrons. The van der Waals surface area contributed by atoms with Crippen molar-refractivity contribution in [3.8, 4) is 0 Å². The molecule has 54 heteroatoms. The number of fused-ring (bicyclic) bond motifs is 6. The van der Waals surface area contributed by atoms with E-state index in [0.717, 1.165) is 150 Å². The lowest BCUT2D eigenvalue weighted by Crippen LogP contribution is -2.61. The zero-order chi connectivity index (χ0) is 108. The lowest BCUT2D eigenvalue weighted by Gasteiger charge is -2.57. The van der Waals surface area contributed by atoms with Crippen LogP contribution in [0.4, 0.5) is 0 Å². The molecule has 0 radical (unpaired) electrons. The Morgan fingerprint density at radius 2 is 0.860 bits per heavy atom. The van der Waals surface area contributed by atoms with Crippen LogP contribution in [0.5, 0.6) is 0 Å². The molecule has 0 amide bonds. The van der Waals surface area contributed by atoms with E-state index in [-0.39, 0.29) is 63.5 Å². The molecule has 4 saturated heterocycles. The Morgan fingerprint density at radius 3 is 1.31 bits per heavy atom. The molecule has 23 N–H and O–H groups in total. The Kier molecular flexibility index (Phi) is 61.4. The number of benzene rings is 2. The molecule has 11 aliphatic rings. The number of β-amino-alcohol motifs (C(OH)–C–C–N with tert-alkyl or cyclic N) is 2. The van der Waals surface area contributed by atoms with E-state index in [2.05, 4.69) is 77.0 Å². The molecule has 4 heterocycles. The van der Waals surface area contributed by atoms with E-state index in [9.17, 15) is 121 Å². The van der Waals surface area contributed by atoms with Gasteiger partial charge in [0.25, 0.3) is 70.8 Å². The van der Waals surface area contributed by atoms with E-state index in [1.54, 1.807) is 0 Å². The Balaban J connectivity index is 0.000000415. The predicted molar refractivity (Wildman–Crippen MR) is 542 cm³/mol. The number of hydrogen-bond donors (Lipinski definition) is 23. The molecule has 0 spiro atoms. The summed E-state index contributed by atoms with van der Waals surface area (Å²) in [5.74, 6) is 0.974. The summed E-state index contributed by atoms with van der Waals surface area (Å²) < 4.78 is 271. The van der Waals surface area contributed by atoms with Crippen molar-refractivity contribution in [1.29, 1.82) is 0 Å². The van der Waals surface area contributed by atoms with Crippen molar-refractivity contribution in [3.63, 3.8) is 0 Å². The molecule has 7 aliphatic carbocycles. The first-order chi connectivity index (χ1) is 66.1. The first kappa shape index (κ1) is 134. The second-order valence-electron chi connectivity index (χ2n) is 40.9. The highest BCUT2D eigenvalue weighted by molar-refractivity contribution is 7.87. The predicted octanol–water partition coefficient (Wildman–Crippen LogP) is 0.780. The van der Waals surface area contributed by atoms with Gasteiger partial charge in [-0.25, -0.2) is 16.8 Å². The minimum atomic E-state index is -4.36. The van der Waals surface area contributed by atoms with Gasteiger partial charge >= 0.3 is 0 Å². The Bertz CT molecular complexity index is 4940. The number of piperidine rings is 4. The van der Waals surface area contributed by atoms with Gasteiger partial charge in [-0.3, -0.25) is 31.9 Å². The molecule has 13 rings (SSSR count). The normalized spacial score (nSPS) is 24.7. The highest BCUT2D eigenvalue weighted by atomic mass is 32.3. The first-order valence-corrected chi connectivity index (χ1v) is 63.8. The van der Waals surface area contributed by atoms with Crippen LogP contribution >= 0.6 is 0 Å². The summed E-state index contributed by atoms with van der Waals surface area (Å²) in [7, 11) is -37.1. The SMILES string of the molecule is CC(C)CCNCC(O)CS(=O)(=O)O.CC(C)CCNCCC(C)S(=O)(=O)O.CCCC(CO)NCC(O)CS(=O)(=O)O.O=S(=O)(O)CC(O)CN1CCCCC1.O=S(=O)(O)CC(O)CNC12CC3CC(CC(C3)C1)C2.O=S(=O)(O)CC(O)CNC1CC2CCC1C2.O=S(=O)(O)CC(O)CNC1CCCc2ccccc21.O=S(=O)([O-])CC(O)CNCc1ccccc1.O=S(=O)([O-])CC(O)C[N+]12CCC(CC1)CC2. The van der Waals surface area contributed by atoms with Crippen LogP contribution in [0.3, 0.4) is 0 Å². The van der Waals surface area contributed by atoms with Crippen molar-refractivity contribution in [2.45, 2.75) is 280 Å². The molecule has 4 aliphatic heterocycles. The highest BCUT2D eigenvalue weighted by Crippen LogP contribution is 2.56. The van der Waals surface area contributed by atoms with Gasteiger partial charge in [0.05, 0.1) is 106 Å². The molecule has 10 fully saturated rings. The zero-order valence-corrected chi connectivity index (χ0v) is 90.8. The van der Waals surface area contributed by atoms with Gasteiger partial charge in [0, 0.05) is 76.0 Å². The summed E-state index contributed by atoms with van der Waals surface area (Å²) in [6, 6.07) is 18.0. The maximum atomic E-state index is 10.7. The Labute approximate surface area is 850 Å². The van der Waals surface area contributed by atoms with Crippen LogP contribution in [0.25, 0.3) is 0 Å². The van der Waals surface area contributed by atoms with Crippen molar-refractivity contribution >= 4 is 91.1 Å². The van der Waals surface area contributed by atoms with E-state index in [4.69, 9.17) is 42.1 Å². The van der Waals surface area contributed by atoms with Gasteiger partial charge < -0.3 is 102 Å². The van der Waals surface area contributed by atoms with Gasteiger partial charge in [0.15, 0.2) is 0 Å². The number of aryl methyl sites for hydroxylation is 1. The number of hydrogen-bond acceptors (Lipinski definition) is 37. The van der Waals surface area contributed by atoms with E-state index in [1.165, 1.54) is 102 Å². The monoisotopic (exact) mass is 2230 g/mol. The molecular weight excluding hydrogens is 2060 g/mol. The van der Waals surface area contributed by atoms with Gasteiger partial charge in [-0.1, -0.05) is 108 Å². The van der Waals surface area contributed by atoms with Gasteiger partial charge in [0.2, 0.25) is 0 Å². The number of rotatable bonds is 51. The Morgan fingerprint density at radius 1 is 0.427 bits per heavy atom. The van der Waals surface area contributed by atoms with E-state index in [0.29, 0.717) is 56.4 Å². The summed E-state index contributed by atoms with van der Waals surface area (Å²) in [6.45, 7) is 21.2. The highest BCUT2D eigenvalue weighted by Gasteiger charge is 2.51. The summed E-state index contributed by atoms with van der Waals surface area (Å²) in [6.07, 6.45) is 18.2. The number of likely N-dealkylation sites (tertiary alicyclic amines) is 1. The van der Waals surface area contributed by atoms with E-state index in [1.807, 2.05) is 54.3 Å². The van der Waals surface area contributed by atoms with Gasteiger partial charge in [-0.15, -0.1) is 0 Å². The van der Waals surface area contributed by atoms with Crippen molar-refractivity contribution in [1.82, 2.24) is 42.1 Å². The average molecular weight is 2230 g/mol. The quantitative estimate of drug-likeness (QED) is 0.0247. The minimum Gasteiger partial charge on any atom is -0.748 e. The molecule has 8 bridgehead atoms. The van der Waals surface area contributed by atoms with Crippen LogP contribution in [-0.4, -0.2) is 401 Å². The fourth-order valence-electron chi connectivity index (χ4n) is 19.9. The van der Waals surface area contributed by atoms with Gasteiger partial charge in [0.1, 0.15) is 47.2 Å². The smallest absolute Gasteiger partial charge is 0.267 e. The average Bonchev–Trinajstić information content (AvgIpc) is 1.04. The van der Waals surface area contributed by atoms with Crippen LogP contribution in [0, 0.1) is 47.3 Å². The molecule has 14 atom stereocenters. The Hall–Kier alpha value is -3.09. The van der Waals surface area contributed by atoms with Crippen LogP contribution in [0.1, 0.15) is 212 Å². The second kappa shape index (κ2) is 65.5. The number of aliphatic hydroxyl groups is 9. The summed E-state index contributed by atoms with van der Waals surface area (Å²) >= 11 is 0. The van der Waals surface area contributed by atoms with E-state index >= 15 is 0 Å². The number of nitrogens with one attached hydrogen (secondary N) is 7. The standard InChI is InChI=1S/C13H23NO4S.C13H19NO4S.2C10H19NO4S.C10H15NO4S.C9H21NO3S.C8H19NO5S.C8H17NO4S.C8H19NO4S/c15-12(8-19(16,17)18)7-14-13-4-9-1-10(5-13)3-11(2-9)6-13;15-11(9-19(16,17)18)8-14-13-7-3-5-10-4-1-2-6-12(10)13;12-10(8-16(13,14)15)7-11-4-1-9(2-5-11)3-6-11;12-9(6-16(13,14)15)5-11-10-4-7-1-2-8(10)3-7;12-10(8-16(13,14)15)7-11-6-9-4-2-1-3-5-9;1-8(2)4-6-10-7-5-9(3)14(11,12)13;1-2-3-7(5-10)9-4-8(11)6-15(12,13)14;10-8(7-14(11,12)13)6-9-4-2-1-3-5-9;1-7(2)3-4-9-5-8(10)6-14(11,12)13/h9-12,14-15H,1-8H2,(H,16,17,18);1-2,4,6,11,13-15H,3,5,7-9H2,(H,16,17,18);9-10,12H,1-8H2;7-12H,1-6H2,(H,13,14,15);1-5,10-12H,6-8H2,(H,13,14,15);8-10H,4-7H2,1-3H3,(H,11,12,13);7-11H,2-6H2,1H3,(H,12,13,14);8,10H,1-7H2,(H,11,12,13);7-10H,3-6H2,1-2H3,(H,11,12,13)/p-1. The van der Waals surface area contributed by atoms with Crippen LogP contribution in [-0.2, 0) is 104 Å². The molecule has 45 nitrogen and oxygen atoms in total. The van der Waals surface area contributed by atoms with Crippen LogP contribution in [0.15, 0.2) is 54.6 Å². The maximum Gasteiger partial charge on any atom is 0.267 e. The zero-order valence-electron chi connectivity index (χ0n) is 83.5. The summed E-state index contributed by atoms with van der Waals surface area (Å²) in [5, 5.41) is 105. The van der Waals surface area contributed by atoms with Crippen molar-refractivity contribution < 1.29 is 167 Å². The molecule has 0 aromatic heterocycles. The van der Waals surface area contributed by atoms with Crippen LogP contribution in [0.2, 0.25) is 0 Å². The van der Waals surface area contributed by atoms with Gasteiger partial charge in [-0.2, -0.15) is 58.9 Å². The third kappa shape index (κ3) is 66.5. The molecule has 14 unspecified atom stereocenters. The minimum absolute atomic E-state index is 0.0328. The van der Waals surface area contributed by atoms with Crippen molar-refractivity contribution in [2.75, 3.05) is 157 Å². The lowest BCUT2D eigenvalue weighted by atomic mass is 9.53. The largest absolute Gasteiger partial charge is 0.748 e. The second-order valence-corrected chi connectivity index (χ2v) is 54.6. The summed E-state index contributed by atoms with van der Waals surface area (Å²) in [4.78, 5) is 2.03. The van der Waals surface area contributed by atoms with E-state index < -0.39 is 191 Å². The third-order valence-electron chi connectivity index (χ3n) is 26.3. The number of aliphatic hydroxyl groups excluding tert-OH is 9. The molecule has 2 aromatic rings. The number of quaternary nitrogens is 1. The fourth-order valence-corrected chi connectivity index (χ4v) is 25.1. The topological polar surface area (TPSA) is 765 Å². The van der Waals surface area contributed by atoms with Crippen molar-refractivity contribution in [3.05, 3.63) is 71.3 Å². The first-order valence-electron chi connectivity index (χ1n) is 49.5. The van der Waals surface area contributed by atoms with Crippen LogP contribution < -0.4 is 37.2 Å². The van der Waals surface area contributed by atoms with Crippen molar-refractivity contribution in [2.24, 2.45) is 47.3 Å². The summed E-state index contributed by atoms with van der Waals surface area (Å²) in [5.41, 5.74) is 3.66. The maximum absolute atomic E-state index is 10.7. The molecule has 143 heavy (non-hydrogen) atoms. The molecular formula is C89H170N9O36S9-. The third-order valence-corrected chi connectivity index (χ3v) is 34.0. The lowest BCUT2D eigenvalue weighted by molar-refractivity contribution is -0.945. The number of nitrogens with zero attached hydrogens (tertiary/aromatic N) is 2. The molecule has 2 aromatic carbocycles. The van der Waals surface area contributed by atoms with Gasteiger partial charge in [-0.05, 0) is 239 Å². The molecule has 6 saturated carbocycles.